The van der Waals surface area contributed by atoms with Gasteiger partial charge in [0, 0.05) is 12.7 Å². The Morgan fingerprint density at radius 1 is 1.24 bits per heavy atom. The second kappa shape index (κ2) is 6.33. The monoisotopic (exact) mass is 283 g/mol. The van der Waals surface area contributed by atoms with E-state index in [2.05, 4.69) is 53.1 Å². The van der Waals surface area contributed by atoms with Gasteiger partial charge in [0.2, 0.25) is 5.95 Å². The number of imidazole rings is 1. The molecule has 1 heterocycles. The molecule has 21 heavy (non-hydrogen) atoms. The molecule has 0 unspecified atom stereocenters. The molecule has 3 heteroatoms. The Bertz CT molecular complexity index is 613. The summed E-state index contributed by atoms with van der Waals surface area (Å²) in [6.07, 6.45) is 9.56. The Hall–Kier alpha value is -1.77. The lowest BCUT2D eigenvalue weighted by Crippen LogP contribution is -2.11. The van der Waals surface area contributed by atoms with Gasteiger partial charge in [-0.25, -0.2) is 4.98 Å². The number of aromatic nitrogens is 2. The summed E-state index contributed by atoms with van der Waals surface area (Å²) in [4.78, 5) is 4.66. The molecule has 0 saturated heterocycles. The first-order valence-electron chi connectivity index (χ1n) is 8.20. The third-order valence-corrected chi connectivity index (χ3v) is 4.27. The lowest BCUT2D eigenvalue weighted by Gasteiger charge is -2.20. The molecule has 0 atom stereocenters. The van der Waals surface area contributed by atoms with E-state index >= 15 is 0 Å². The highest BCUT2D eigenvalue weighted by Crippen LogP contribution is 2.29. The maximum atomic E-state index is 4.66. The van der Waals surface area contributed by atoms with Crippen LogP contribution in [-0.4, -0.2) is 16.1 Å². The van der Waals surface area contributed by atoms with Gasteiger partial charge in [-0.05, 0) is 56.2 Å². The second-order valence-electron chi connectivity index (χ2n) is 5.98. The third-order valence-electron chi connectivity index (χ3n) is 4.27. The van der Waals surface area contributed by atoms with Gasteiger partial charge in [-0.2, -0.15) is 0 Å². The molecule has 1 aromatic heterocycles. The smallest absolute Gasteiger partial charge is 0.207 e. The van der Waals surface area contributed by atoms with Crippen LogP contribution in [0.1, 0.15) is 49.4 Å². The van der Waals surface area contributed by atoms with Crippen molar-refractivity contribution in [1.82, 2.24) is 9.55 Å². The Labute approximate surface area is 127 Å². The Morgan fingerprint density at radius 2 is 2.10 bits per heavy atom. The number of nitrogens with zero attached hydrogens (tertiary/aromatic N) is 2. The van der Waals surface area contributed by atoms with Crippen molar-refractivity contribution in [3.63, 3.8) is 0 Å². The van der Waals surface area contributed by atoms with Crippen LogP contribution in [0.2, 0.25) is 0 Å². The van der Waals surface area contributed by atoms with E-state index in [-0.39, 0.29) is 0 Å². The minimum Gasteiger partial charge on any atom is -0.355 e. The maximum Gasteiger partial charge on any atom is 0.207 e. The zero-order chi connectivity index (χ0) is 14.7. The summed E-state index contributed by atoms with van der Waals surface area (Å²) in [5.41, 5.74) is 5.42. The van der Waals surface area contributed by atoms with Crippen LogP contribution in [0, 0.1) is 6.92 Å². The fourth-order valence-electron chi connectivity index (χ4n) is 3.17. The van der Waals surface area contributed by atoms with Gasteiger partial charge in [0.15, 0.2) is 0 Å². The predicted octanol–water partition coefficient (Wildman–Crippen LogP) is 4.27. The van der Waals surface area contributed by atoms with E-state index in [1.165, 1.54) is 55.3 Å². The predicted molar refractivity (Wildman–Crippen MR) is 88.3 cm³/mol. The zero-order valence-electron chi connectivity index (χ0n) is 13.2. The molecule has 1 aliphatic rings. The minimum absolute atomic E-state index is 0.986. The van der Waals surface area contributed by atoms with Crippen molar-refractivity contribution in [2.24, 2.45) is 0 Å². The molecule has 3 rings (SSSR count). The van der Waals surface area contributed by atoms with Crippen LogP contribution in [0.15, 0.2) is 24.4 Å². The average molecular weight is 283 g/mol. The first-order valence-corrected chi connectivity index (χ1v) is 8.20. The van der Waals surface area contributed by atoms with E-state index in [1.807, 2.05) is 0 Å². The fraction of sp³-hybridized carbons (Fsp3) is 0.500. The standard InChI is InChI=1S/C18H25N3/c1-3-4-12-19-18-20-14(2)13-21(18)17-11-7-9-15-8-5-6-10-16(15)17/h7,9,11,13H,3-6,8,10,12H2,1-2H3,(H,19,20). The molecule has 0 spiro atoms. The summed E-state index contributed by atoms with van der Waals surface area (Å²) in [5, 5.41) is 3.49. The summed E-state index contributed by atoms with van der Waals surface area (Å²) < 4.78 is 2.25. The van der Waals surface area contributed by atoms with Crippen molar-refractivity contribution in [2.75, 3.05) is 11.9 Å². The number of anilines is 1. The lowest BCUT2D eigenvalue weighted by atomic mass is 9.90. The van der Waals surface area contributed by atoms with E-state index in [1.54, 1.807) is 0 Å². The van der Waals surface area contributed by atoms with Crippen LogP contribution in [0.5, 0.6) is 0 Å². The lowest BCUT2D eigenvalue weighted by molar-refractivity contribution is 0.681. The fourth-order valence-corrected chi connectivity index (χ4v) is 3.17. The Balaban J connectivity index is 1.96. The quantitative estimate of drug-likeness (QED) is 0.830. The molecule has 1 N–H and O–H groups in total. The molecular weight excluding hydrogens is 258 g/mol. The van der Waals surface area contributed by atoms with Gasteiger partial charge in [-0.15, -0.1) is 0 Å². The molecule has 112 valence electrons. The summed E-state index contributed by atoms with van der Waals surface area (Å²) in [5.74, 6) is 0.986. The van der Waals surface area contributed by atoms with Crippen LogP contribution in [0.3, 0.4) is 0 Å². The van der Waals surface area contributed by atoms with E-state index in [4.69, 9.17) is 0 Å². The van der Waals surface area contributed by atoms with Crippen molar-refractivity contribution in [3.05, 3.63) is 41.2 Å². The highest BCUT2D eigenvalue weighted by molar-refractivity contribution is 5.52. The molecule has 0 amide bonds. The van der Waals surface area contributed by atoms with Crippen LogP contribution in [-0.2, 0) is 12.8 Å². The largest absolute Gasteiger partial charge is 0.355 e. The van der Waals surface area contributed by atoms with Crippen molar-refractivity contribution >= 4 is 5.95 Å². The summed E-state index contributed by atoms with van der Waals surface area (Å²) in [6.45, 7) is 5.27. The molecule has 1 aromatic carbocycles. The van der Waals surface area contributed by atoms with Gasteiger partial charge in [0.1, 0.15) is 0 Å². The van der Waals surface area contributed by atoms with Crippen LogP contribution in [0.25, 0.3) is 5.69 Å². The number of hydrogen-bond acceptors (Lipinski definition) is 2. The second-order valence-corrected chi connectivity index (χ2v) is 5.98. The van der Waals surface area contributed by atoms with Crippen molar-refractivity contribution < 1.29 is 0 Å². The topological polar surface area (TPSA) is 29.9 Å². The number of nitrogens with one attached hydrogen (secondary N) is 1. The van der Waals surface area contributed by atoms with Crippen LogP contribution >= 0.6 is 0 Å². The summed E-state index contributed by atoms with van der Waals surface area (Å²) in [7, 11) is 0. The van der Waals surface area contributed by atoms with E-state index in [9.17, 15) is 0 Å². The molecule has 0 fully saturated rings. The van der Waals surface area contributed by atoms with Crippen molar-refractivity contribution in [2.45, 2.75) is 52.4 Å². The van der Waals surface area contributed by atoms with Gasteiger partial charge >= 0.3 is 0 Å². The molecule has 0 radical (unpaired) electrons. The number of benzene rings is 1. The number of aryl methyl sites for hydroxylation is 2. The highest BCUT2D eigenvalue weighted by Gasteiger charge is 2.16. The SMILES string of the molecule is CCCCNc1nc(C)cn1-c1cccc2c1CCCC2. The number of unbranched alkanes of at least 4 members (excludes halogenated alkanes) is 1. The zero-order valence-corrected chi connectivity index (χ0v) is 13.2. The summed E-state index contributed by atoms with van der Waals surface area (Å²) in [6, 6.07) is 6.70. The normalized spacial score (nSPS) is 14.0. The molecule has 3 nitrogen and oxygen atoms in total. The van der Waals surface area contributed by atoms with Crippen molar-refractivity contribution in [3.8, 4) is 5.69 Å². The first-order chi connectivity index (χ1) is 10.3. The van der Waals surface area contributed by atoms with Gasteiger partial charge in [-0.3, -0.25) is 4.57 Å². The Morgan fingerprint density at radius 3 is 2.95 bits per heavy atom. The van der Waals surface area contributed by atoms with Gasteiger partial charge in [0.25, 0.3) is 0 Å². The van der Waals surface area contributed by atoms with Gasteiger partial charge in [-0.1, -0.05) is 25.5 Å². The minimum atomic E-state index is 0.986. The van der Waals surface area contributed by atoms with Gasteiger partial charge in [0.05, 0.1) is 11.4 Å². The van der Waals surface area contributed by atoms with Crippen LogP contribution < -0.4 is 5.32 Å². The van der Waals surface area contributed by atoms with Crippen molar-refractivity contribution in [1.29, 1.82) is 0 Å². The van der Waals surface area contributed by atoms with Gasteiger partial charge < -0.3 is 5.32 Å². The molecule has 0 bridgehead atoms. The molecule has 1 aliphatic carbocycles. The number of fused-ring (bicyclic) bond motifs is 1. The first kappa shape index (κ1) is 14.2. The molecule has 0 aliphatic heterocycles. The summed E-state index contributed by atoms with van der Waals surface area (Å²) >= 11 is 0. The number of rotatable bonds is 5. The molecular formula is C18H25N3. The van der Waals surface area contributed by atoms with E-state index in [0.717, 1.165) is 18.2 Å². The maximum absolute atomic E-state index is 4.66. The molecule has 2 aromatic rings. The number of hydrogen-bond donors (Lipinski definition) is 1. The van der Waals surface area contributed by atoms with E-state index < -0.39 is 0 Å². The van der Waals surface area contributed by atoms with Crippen LogP contribution in [0.4, 0.5) is 5.95 Å². The van der Waals surface area contributed by atoms with E-state index in [0.29, 0.717) is 0 Å². The molecule has 0 saturated carbocycles. The third kappa shape index (κ3) is 2.97. The highest BCUT2D eigenvalue weighted by atomic mass is 15.2. The Kier molecular flexibility index (Phi) is 4.28. The average Bonchev–Trinajstić information content (AvgIpc) is 2.88.